The van der Waals surface area contributed by atoms with Gasteiger partial charge in [-0.1, -0.05) is 42.5 Å². The minimum absolute atomic E-state index is 0.0402. The molecule has 0 heterocycles. The summed E-state index contributed by atoms with van der Waals surface area (Å²) in [7, 11) is -4.60. The summed E-state index contributed by atoms with van der Waals surface area (Å²) in [6.45, 7) is 0. The van der Waals surface area contributed by atoms with Gasteiger partial charge in [0.15, 0.2) is 11.6 Å². The fourth-order valence-corrected chi connectivity index (χ4v) is 3.98. The smallest absolute Gasteiger partial charge is 0.290 e. The molecule has 4 rings (SSSR count). The molecule has 0 bridgehead atoms. The third kappa shape index (κ3) is 2.56. The van der Waals surface area contributed by atoms with Crippen molar-refractivity contribution in [3.05, 3.63) is 72.3 Å². The van der Waals surface area contributed by atoms with Crippen molar-refractivity contribution in [1.82, 2.24) is 0 Å². The highest BCUT2D eigenvalue weighted by atomic mass is 32.2. The van der Waals surface area contributed by atoms with E-state index in [-0.39, 0.29) is 11.1 Å². The van der Waals surface area contributed by atoms with E-state index >= 15 is 0 Å². The molecule has 128 valence electrons. The molecule has 0 saturated carbocycles. The zero-order chi connectivity index (χ0) is 18.5. The molecule has 3 aromatic rings. The van der Waals surface area contributed by atoms with Gasteiger partial charge < -0.3 is 0 Å². The standard InChI is InChI=1S/C20H12O5S/c21-13-6-9-18(22)17(11-13)20-16-7-5-12-3-1-2-4-14(12)15(16)8-10-19(20)26(23,24)25/h1-11H,(H,23,24,25). The van der Waals surface area contributed by atoms with Gasteiger partial charge in [0.1, 0.15) is 4.90 Å². The number of hydrogen-bond acceptors (Lipinski definition) is 4. The van der Waals surface area contributed by atoms with Crippen LogP contribution in [-0.4, -0.2) is 24.5 Å². The van der Waals surface area contributed by atoms with Gasteiger partial charge in [-0.05, 0) is 45.8 Å². The Kier molecular flexibility index (Phi) is 3.61. The summed E-state index contributed by atoms with van der Waals surface area (Å²) in [5.74, 6) is -0.908. The van der Waals surface area contributed by atoms with E-state index in [1.165, 1.54) is 6.07 Å². The third-order valence-corrected chi connectivity index (χ3v) is 5.28. The molecule has 0 aromatic heterocycles. The lowest BCUT2D eigenvalue weighted by Crippen LogP contribution is -2.11. The topological polar surface area (TPSA) is 88.5 Å². The van der Waals surface area contributed by atoms with Gasteiger partial charge in [-0.3, -0.25) is 14.1 Å². The molecule has 1 N–H and O–H groups in total. The largest absolute Gasteiger partial charge is 0.295 e. The Hall–Kier alpha value is -3.09. The number of fused-ring (bicyclic) bond motifs is 3. The zero-order valence-electron chi connectivity index (χ0n) is 13.3. The molecular formula is C20H12O5S. The summed E-state index contributed by atoms with van der Waals surface area (Å²) in [4.78, 5) is 23.7. The average molecular weight is 364 g/mol. The molecule has 0 radical (unpaired) electrons. The lowest BCUT2D eigenvalue weighted by molar-refractivity contribution is -0.113. The van der Waals surface area contributed by atoms with Crippen molar-refractivity contribution in [1.29, 1.82) is 0 Å². The van der Waals surface area contributed by atoms with Gasteiger partial charge in [0.2, 0.25) is 0 Å². The summed E-state index contributed by atoms with van der Waals surface area (Å²) < 4.78 is 33.5. The fraction of sp³-hybridized carbons (Fsp3) is 0. The Bertz CT molecular complexity index is 1280. The normalized spacial score (nSPS) is 14.9. The lowest BCUT2D eigenvalue weighted by Gasteiger charge is -2.15. The number of allylic oxidation sites excluding steroid dienone is 4. The average Bonchev–Trinajstić information content (AvgIpc) is 2.62. The number of rotatable bonds is 2. The molecule has 26 heavy (non-hydrogen) atoms. The Labute approximate surface area is 149 Å². The van der Waals surface area contributed by atoms with Crippen molar-refractivity contribution in [2.75, 3.05) is 0 Å². The number of carbonyl (C=O) groups excluding carboxylic acids is 2. The summed E-state index contributed by atoms with van der Waals surface area (Å²) in [5.41, 5.74) is -0.00976. The van der Waals surface area contributed by atoms with Crippen LogP contribution >= 0.6 is 0 Å². The molecule has 1 aliphatic rings. The molecule has 0 spiro atoms. The Morgan fingerprint density at radius 3 is 2.27 bits per heavy atom. The molecule has 5 nitrogen and oxygen atoms in total. The molecule has 0 unspecified atom stereocenters. The van der Waals surface area contributed by atoms with Crippen LogP contribution in [0.25, 0.3) is 27.1 Å². The van der Waals surface area contributed by atoms with Crippen molar-refractivity contribution in [3.8, 4) is 0 Å². The molecule has 1 aliphatic carbocycles. The monoisotopic (exact) mass is 364 g/mol. The first-order valence-corrected chi connectivity index (χ1v) is 9.21. The second kappa shape index (κ2) is 5.72. The van der Waals surface area contributed by atoms with Crippen LogP contribution in [0, 0.1) is 0 Å². The Morgan fingerprint density at radius 2 is 1.50 bits per heavy atom. The van der Waals surface area contributed by atoms with Crippen molar-refractivity contribution < 1.29 is 22.6 Å². The number of ketones is 2. The van der Waals surface area contributed by atoms with E-state index in [9.17, 15) is 22.6 Å². The van der Waals surface area contributed by atoms with E-state index in [0.29, 0.717) is 5.39 Å². The van der Waals surface area contributed by atoms with Crippen molar-refractivity contribution in [2.45, 2.75) is 4.90 Å². The fourth-order valence-electron chi connectivity index (χ4n) is 3.27. The van der Waals surface area contributed by atoms with Gasteiger partial charge in [0.05, 0.1) is 0 Å². The molecule has 0 fully saturated rings. The quantitative estimate of drug-likeness (QED) is 0.428. The predicted octanol–water partition coefficient (Wildman–Crippen LogP) is 3.33. The van der Waals surface area contributed by atoms with Gasteiger partial charge in [-0.25, -0.2) is 0 Å². The Morgan fingerprint density at radius 1 is 0.769 bits per heavy atom. The SMILES string of the molecule is O=C1C=CC(=O)C(c2c(S(=O)(=O)O)ccc3c2ccc2ccccc23)=C1. The minimum Gasteiger partial charge on any atom is -0.290 e. The van der Waals surface area contributed by atoms with E-state index < -0.39 is 26.6 Å². The van der Waals surface area contributed by atoms with Crippen LogP contribution in [0.5, 0.6) is 0 Å². The highest BCUT2D eigenvalue weighted by Gasteiger charge is 2.26. The molecule has 0 amide bonds. The lowest BCUT2D eigenvalue weighted by atomic mass is 9.90. The van der Waals surface area contributed by atoms with E-state index in [1.807, 2.05) is 24.3 Å². The zero-order valence-corrected chi connectivity index (χ0v) is 14.2. The number of benzene rings is 3. The first-order chi connectivity index (χ1) is 12.4. The van der Waals surface area contributed by atoms with Crippen molar-refractivity contribution in [3.63, 3.8) is 0 Å². The van der Waals surface area contributed by atoms with Gasteiger partial charge in [-0.15, -0.1) is 0 Å². The van der Waals surface area contributed by atoms with Crippen molar-refractivity contribution >= 4 is 48.8 Å². The molecule has 0 atom stereocenters. The highest BCUT2D eigenvalue weighted by Crippen LogP contribution is 2.36. The second-order valence-electron chi connectivity index (χ2n) is 5.95. The van der Waals surface area contributed by atoms with Crippen LogP contribution in [0.15, 0.2) is 71.7 Å². The maximum Gasteiger partial charge on any atom is 0.295 e. The van der Waals surface area contributed by atoms with Crippen molar-refractivity contribution in [2.24, 2.45) is 0 Å². The molecule has 6 heteroatoms. The molecule has 0 aliphatic heterocycles. The van der Waals surface area contributed by atoms with Crippen LogP contribution in [0.1, 0.15) is 5.56 Å². The van der Waals surface area contributed by atoms with E-state index in [2.05, 4.69) is 0 Å². The van der Waals surface area contributed by atoms with Crippen LogP contribution in [0.4, 0.5) is 0 Å². The summed E-state index contributed by atoms with van der Waals surface area (Å²) in [6, 6.07) is 13.9. The van der Waals surface area contributed by atoms with E-state index in [0.717, 1.165) is 34.4 Å². The minimum atomic E-state index is -4.60. The third-order valence-electron chi connectivity index (χ3n) is 4.39. The van der Waals surface area contributed by atoms with Crippen LogP contribution in [-0.2, 0) is 19.7 Å². The highest BCUT2D eigenvalue weighted by molar-refractivity contribution is 7.86. The number of hydrogen-bond donors (Lipinski definition) is 1. The Balaban J connectivity index is 2.19. The van der Waals surface area contributed by atoms with E-state index in [4.69, 9.17) is 0 Å². The van der Waals surface area contributed by atoms with Gasteiger partial charge in [-0.2, -0.15) is 8.42 Å². The molecular weight excluding hydrogens is 352 g/mol. The molecule has 3 aromatic carbocycles. The predicted molar refractivity (Wildman–Crippen MR) is 98.4 cm³/mol. The first-order valence-electron chi connectivity index (χ1n) is 7.77. The maximum atomic E-state index is 12.3. The first kappa shape index (κ1) is 16.4. The van der Waals surface area contributed by atoms with Crippen LogP contribution in [0.3, 0.4) is 0 Å². The summed E-state index contributed by atoms with van der Waals surface area (Å²) in [5, 5.41) is 3.02. The van der Waals surface area contributed by atoms with Gasteiger partial charge in [0.25, 0.3) is 10.1 Å². The maximum absolute atomic E-state index is 12.3. The van der Waals surface area contributed by atoms with Crippen LogP contribution in [0.2, 0.25) is 0 Å². The molecule has 0 saturated heterocycles. The van der Waals surface area contributed by atoms with Crippen LogP contribution < -0.4 is 0 Å². The second-order valence-corrected chi connectivity index (χ2v) is 7.34. The summed E-state index contributed by atoms with van der Waals surface area (Å²) >= 11 is 0. The van der Waals surface area contributed by atoms with E-state index in [1.54, 1.807) is 18.2 Å². The summed E-state index contributed by atoms with van der Waals surface area (Å²) in [6.07, 6.45) is 3.33. The van der Waals surface area contributed by atoms with Gasteiger partial charge in [0, 0.05) is 11.1 Å². The number of carbonyl (C=O) groups is 2. The van der Waals surface area contributed by atoms with Gasteiger partial charge >= 0.3 is 0 Å².